The summed E-state index contributed by atoms with van der Waals surface area (Å²) >= 11 is 0. The predicted octanol–water partition coefficient (Wildman–Crippen LogP) is 6.18. The number of fused-ring (bicyclic) bond motifs is 2. The number of aryl methyl sites for hydroxylation is 1. The van der Waals surface area contributed by atoms with Gasteiger partial charge in [-0.25, -0.2) is 0 Å². The van der Waals surface area contributed by atoms with Crippen molar-refractivity contribution in [2.75, 3.05) is 0 Å². The van der Waals surface area contributed by atoms with Gasteiger partial charge in [0.25, 0.3) is 0 Å². The van der Waals surface area contributed by atoms with E-state index in [9.17, 15) is 19.8 Å². The third-order valence-corrected chi connectivity index (χ3v) is 7.17. The number of hydrogen-bond donors (Lipinski definition) is 3. The first-order chi connectivity index (χ1) is 17.9. The monoisotopic (exact) mass is 488 g/mol. The predicted molar refractivity (Wildman–Crippen MR) is 144 cm³/mol. The van der Waals surface area contributed by atoms with Gasteiger partial charge in [-0.15, -0.1) is 0 Å². The summed E-state index contributed by atoms with van der Waals surface area (Å²) < 4.78 is 2.05. The molecule has 6 nitrogen and oxygen atoms in total. The van der Waals surface area contributed by atoms with Crippen LogP contribution in [0.3, 0.4) is 0 Å². The number of Topliss-reactive ketones (excluding diaryl/α,β-unsaturated/α-hetero) is 2. The number of carbonyl (C=O) groups is 2. The molecule has 3 aromatic carbocycles. The topological polar surface area (TPSA) is 95.3 Å². The van der Waals surface area contributed by atoms with Crippen LogP contribution < -0.4 is 0 Å². The molecule has 1 aliphatic rings. The summed E-state index contributed by atoms with van der Waals surface area (Å²) in [6.45, 7) is 4.17. The third-order valence-electron chi connectivity index (χ3n) is 7.17. The second kappa shape index (κ2) is 8.38. The van der Waals surface area contributed by atoms with Crippen molar-refractivity contribution in [3.05, 3.63) is 118 Å². The number of para-hydroxylation sites is 2. The van der Waals surface area contributed by atoms with Crippen LogP contribution in [0, 0.1) is 13.8 Å². The van der Waals surface area contributed by atoms with Crippen molar-refractivity contribution in [1.82, 2.24) is 9.55 Å². The number of hydrogen-bond acceptors (Lipinski definition) is 4. The van der Waals surface area contributed by atoms with Crippen molar-refractivity contribution < 1.29 is 19.8 Å². The molecule has 0 amide bonds. The fraction of sp³-hybridized carbons (Fsp3) is 0.0968. The summed E-state index contributed by atoms with van der Waals surface area (Å²) in [5, 5.41) is 23.8. The highest BCUT2D eigenvalue weighted by molar-refractivity contribution is 6.48. The minimum absolute atomic E-state index is 0.177. The smallest absolute Gasteiger partial charge is 0.232 e. The molecule has 0 unspecified atom stereocenters. The van der Waals surface area contributed by atoms with E-state index in [1.807, 2.05) is 85.8 Å². The van der Waals surface area contributed by atoms with Crippen molar-refractivity contribution in [1.29, 1.82) is 0 Å². The molecule has 0 fully saturated rings. The van der Waals surface area contributed by atoms with E-state index in [1.165, 1.54) is 0 Å². The Labute approximate surface area is 212 Å². The van der Waals surface area contributed by atoms with Gasteiger partial charge < -0.3 is 19.8 Å². The Hall–Kier alpha value is -4.84. The van der Waals surface area contributed by atoms with Crippen molar-refractivity contribution >= 4 is 44.5 Å². The van der Waals surface area contributed by atoms with Crippen LogP contribution in [0.25, 0.3) is 33.0 Å². The maximum absolute atomic E-state index is 13.7. The van der Waals surface area contributed by atoms with Crippen LogP contribution in [0.15, 0.2) is 90.4 Å². The van der Waals surface area contributed by atoms with Crippen LogP contribution in [0.5, 0.6) is 0 Å². The molecule has 182 valence electrons. The maximum Gasteiger partial charge on any atom is 0.232 e. The standard InChI is InChI=1S/C31H24N2O4/c1-17-24(20-12-6-8-14-22(20)32-17)26-28(34)30(36)27(31(37)29(26)35)25-18(2)33(16-19-10-4-3-5-11-19)23-15-9-7-13-21(23)25/h3-15,32,34,37H,16H2,1-2H3. The second-order valence-corrected chi connectivity index (χ2v) is 9.33. The molecule has 0 radical (unpaired) electrons. The van der Waals surface area contributed by atoms with Crippen molar-refractivity contribution in [2.24, 2.45) is 0 Å². The fourth-order valence-corrected chi connectivity index (χ4v) is 5.46. The van der Waals surface area contributed by atoms with Crippen LogP contribution in [-0.4, -0.2) is 31.3 Å². The molecule has 6 heteroatoms. The number of rotatable bonds is 4. The highest BCUT2D eigenvalue weighted by Crippen LogP contribution is 2.41. The number of carbonyl (C=O) groups excluding carboxylic acids is 2. The molecule has 0 atom stereocenters. The summed E-state index contributed by atoms with van der Waals surface area (Å²) in [7, 11) is 0. The van der Waals surface area contributed by atoms with Crippen LogP contribution in [-0.2, 0) is 16.1 Å². The molecular weight excluding hydrogens is 464 g/mol. The van der Waals surface area contributed by atoms with Gasteiger partial charge in [0, 0.05) is 50.9 Å². The molecule has 0 aliphatic heterocycles. The van der Waals surface area contributed by atoms with Gasteiger partial charge in [-0.05, 0) is 31.5 Å². The highest BCUT2D eigenvalue weighted by Gasteiger charge is 2.39. The van der Waals surface area contributed by atoms with Crippen LogP contribution in [0.1, 0.15) is 28.1 Å². The zero-order valence-electron chi connectivity index (χ0n) is 20.4. The Morgan fingerprint density at radius 3 is 1.97 bits per heavy atom. The lowest BCUT2D eigenvalue weighted by Crippen LogP contribution is -2.23. The molecule has 5 aromatic rings. The maximum atomic E-state index is 13.7. The molecule has 1 aliphatic carbocycles. The highest BCUT2D eigenvalue weighted by atomic mass is 16.3. The number of benzene rings is 3. The minimum Gasteiger partial charge on any atom is -0.504 e. The first-order valence-corrected chi connectivity index (χ1v) is 12.0. The number of nitrogens with one attached hydrogen (secondary N) is 1. The van der Waals surface area contributed by atoms with Gasteiger partial charge in [-0.2, -0.15) is 0 Å². The molecule has 6 rings (SSSR count). The molecule has 37 heavy (non-hydrogen) atoms. The van der Waals surface area contributed by atoms with E-state index in [0.717, 1.165) is 22.0 Å². The van der Waals surface area contributed by atoms with Gasteiger partial charge in [0.15, 0.2) is 11.5 Å². The summed E-state index contributed by atoms with van der Waals surface area (Å²) in [5.74, 6) is -2.88. The van der Waals surface area contributed by atoms with E-state index >= 15 is 0 Å². The Bertz CT molecular complexity index is 1820. The Morgan fingerprint density at radius 1 is 0.703 bits per heavy atom. The Morgan fingerprint density at radius 2 is 1.27 bits per heavy atom. The molecule has 0 saturated carbocycles. The van der Waals surface area contributed by atoms with Crippen molar-refractivity contribution in [3.8, 4) is 0 Å². The summed E-state index contributed by atoms with van der Waals surface area (Å²) in [6, 6.07) is 24.8. The van der Waals surface area contributed by atoms with Crippen molar-refractivity contribution in [3.63, 3.8) is 0 Å². The minimum atomic E-state index is -0.778. The largest absolute Gasteiger partial charge is 0.504 e. The molecule has 3 N–H and O–H groups in total. The first kappa shape index (κ1) is 22.6. The zero-order chi connectivity index (χ0) is 25.8. The van der Waals surface area contributed by atoms with Crippen LogP contribution >= 0.6 is 0 Å². The van der Waals surface area contributed by atoms with Gasteiger partial charge in [0.2, 0.25) is 11.6 Å². The average molecular weight is 489 g/mol. The van der Waals surface area contributed by atoms with E-state index in [-0.39, 0.29) is 11.1 Å². The molecule has 2 aromatic heterocycles. The normalized spacial score (nSPS) is 14.4. The van der Waals surface area contributed by atoms with Gasteiger partial charge in [-0.3, -0.25) is 9.59 Å². The average Bonchev–Trinajstić information content (AvgIpc) is 3.38. The Balaban J connectivity index is 1.55. The summed E-state index contributed by atoms with van der Waals surface area (Å²) in [5.41, 5.74) is 4.54. The van der Waals surface area contributed by atoms with Gasteiger partial charge in [0.05, 0.1) is 11.1 Å². The number of ketones is 2. The number of H-pyrrole nitrogens is 1. The molecule has 2 heterocycles. The number of aromatic nitrogens is 2. The lowest BCUT2D eigenvalue weighted by atomic mass is 9.84. The Kier molecular flexibility index (Phi) is 5.12. The van der Waals surface area contributed by atoms with E-state index in [4.69, 9.17) is 0 Å². The molecule has 0 saturated heterocycles. The van der Waals surface area contributed by atoms with E-state index in [2.05, 4.69) is 9.55 Å². The number of aliphatic hydroxyl groups is 2. The summed E-state index contributed by atoms with van der Waals surface area (Å²) in [4.78, 5) is 30.5. The molecule has 0 bridgehead atoms. The third kappa shape index (κ3) is 3.33. The quantitative estimate of drug-likeness (QED) is 0.263. The van der Waals surface area contributed by atoms with Crippen LogP contribution in [0.2, 0.25) is 0 Å². The first-order valence-electron chi connectivity index (χ1n) is 12.0. The van der Waals surface area contributed by atoms with Gasteiger partial charge in [0.1, 0.15) is 0 Å². The lowest BCUT2D eigenvalue weighted by molar-refractivity contribution is -0.116. The molecule has 0 spiro atoms. The van der Waals surface area contributed by atoms with Crippen molar-refractivity contribution in [2.45, 2.75) is 20.4 Å². The molecular formula is C31H24N2O4. The SMILES string of the molecule is Cc1[nH]c2ccccc2c1C1=C(O)C(=O)C(c2c(C)n(Cc3ccccc3)c3ccccc23)=C(O)C1=O. The fourth-order valence-electron chi connectivity index (χ4n) is 5.46. The summed E-state index contributed by atoms with van der Waals surface area (Å²) in [6.07, 6.45) is 0. The van der Waals surface area contributed by atoms with E-state index < -0.39 is 23.1 Å². The van der Waals surface area contributed by atoms with E-state index in [0.29, 0.717) is 34.4 Å². The zero-order valence-corrected chi connectivity index (χ0v) is 20.4. The second-order valence-electron chi connectivity index (χ2n) is 9.33. The number of allylic oxidation sites excluding steroid dienone is 2. The number of aliphatic hydroxyl groups excluding tert-OH is 2. The number of aromatic amines is 1. The van der Waals surface area contributed by atoms with Gasteiger partial charge in [-0.1, -0.05) is 66.7 Å². The van der Waals surface area contributed by atoms with E-state index in [1.54, 1.807) is 6.92 Å². The van der Waals surface area contributed by atoms with Gasteiger partial charge >= 0.3 is 0 Å². The number of nitrogens with zero attached hydrogens (tertiary/aromatic N) is 1. The van der Waals surface area contributed by atoms with Crippen LogP contribution in [0.4, 0.5) is 0 Å². The lowest BCUT2D eigenvalue weighted by Gasteiger charge is -2.19.